The third-order valence-corrected chi connectivity index (χ3v) is 3.57. The molecule has 2 aromatic rings. The van der Waals surface area contributed by atoms with Crippen molar-refractivity contribution < 1.29 is 18.0 Å². The minimum atomic E-state index is -4.38. The van der Waals surface area contributed by atoms with E-state index in [9.17, 15) is 18.0 Å². The second kappa shape index (κ2) is 7.42. The van der Waals surface area contributed by atoms with Crippen LogP contribution in [0.5, 0.6) is 0 Å². The number of ketones is 1. The van der Waals surface area contributed by atoms with Crippen LogP contribution in [0.1, 0.15) is 21.5 Å². The highest BCUT2D eigenvalue weighted by Crippen LogP contribution is 2.29. The molecule has 0 N–H and O–H groups in total. The molecule has 0 unspecified atom stereocenters. The predicted octanol–water partition coefficient (Wildman–Crippen LogP) is 4.06. The van der Waals surface area contributed by atoms with Crippen LogP contribution < -0.4 is 0 Å². The molecule has 0 saturated heterocycles. The number of hydrogen-bond donors (Lipinski definition) is 0. The van der Waals surface area contributed by atoms with Gasteiger partial charge >= 0.3 is 6.18 Å². The summed E-state index contributed by atoms with van der Waals surface area (Å²) in [6.07, 6.45) is -3.56. The molecule has 5 heteroatoms. The first-order chi connectivity index (χ1) is 10.9. The van der Waals surface area contributed by atoms with Crippen molar-refractivity contribution in [3.05, 3.63) is 71.3 Å². The first-order valence-corrected chi connectivity index (χ1v) is 7.29. The van der Waals surface area contributed by atoms with Crippen LogP contribution >= 0.6 is 0 Å². The molecule has 2 aromatic carbocycles. The Balaban J connectivity index is 1.88. The smallest absolute Gasteiger partial charge is 0.299 e. The molecule has 0 heterocycles. The molecule has 0 aromatic heterocycles. The molecule has 0 spiro atoms. The molecule has 0 fully saturated rings. The third kappa shape index (κ3) is 5.21. The Morgan fingerprint density at radius 1 is 1.00 bits per heavy atom. The highest BCUT2D eigenvalue weighted by Gasteiger charge is 2.30. The number of carbonyl (C=O) groups excluding carboxylic acids is 1. The van der Waals surface area contributed by atoms with Crippen LogP contribution in [0.2, 0.25) is 0 Å². The van der Waals surface area contributed by atoms with E-state index in [0.29, 0.717) is 12.1 Å². The molecule has 2 nitrogen and oxygen atoms in total. The largest absolute Gasteiger partial charge is 0.416 e. The summed E-state index contributed by atoms with van der Waals surface area (Å²) in [5, 5.41) is 0. The lowest BCUT2D eigenvalue weighted by Crippen LogP contribution is -2.28. The van der Waals surface area contributed by atoms with E-state index in [4.69, 9.17) is 0 Å². The van der Waals surface area contributed by atoms with E-state index in [1.807, 2.05) is 42.3 Å². The van der Waals surface area contributed by atoms with Crippen LogP contribution in [0.25, 0.3) is 0 Å². The molecule has 0 aliphatic carbocycles. The number of halogens is 3. The minimum absolute atomic E-state index is 0.179. The number of carbonyl (C=O) groups is 1. The zero-order valence-electron chi connectivity index (χ0n) is 12.8. The van der Waals surface area contributed by atoms with Crippen molar-refractivity contribution in [3.8, 4) is 0 Å². The summed E-state index contributed by atoms with van der Waals surface area (Å²) in [4.78, 5) is 14.0. The van der Waals surface area contributed by atoms with E-state index in [-0.39, 0.29) is 12.3 Å². The molecule has 2 rings (SSSR count). The minimum Gasteiger partial charge on any atom is -0.299 e. The summed E-state index contributed by atoms with van der Waals surface area (Å²) < 4.78 is 37.5. The van der Waals surface area contributed by atoms with Gasteiger partial charge in [-0.1, -0.05) is 42.5 Å². The van der Waals surface area contributed by atoms with Gasteiger partial charge in [0.2, 0.25) is 0 Å². The van der Waals surface area contributed by atoms with Gasteiger partial charge in [-0.25, -0.2) is 0 Å². The van der Waals surface area contributed by atoms with Crippen LogP contribution in [0.4, 0.5) is 13.2 Å². The van der Waals surface area contributed by atoms with Crippen molar-refractivity contribution in [3.63, 3.8) is 0 Å². The van der Waals surface area contributed by atoms with Crippen LogP contribution in [0, 0.1) is 0 Å². The Morgan fingerprint density at radius 2 is 1.61 bits per heavy atom. The molecule has 0 saturated carbocycles. The third-order valence-electron chi connectivity index (χ3n) is 3.57. The normalized spacial score (nSPS) is 11.7. The summed E-state index contributed by atoms with van der Waals surface area (Å²) >= 11 is 0. The topological polar surface area (TPSA) is 20.3 Å². The highest BCUT2D eigenvalue weighted by molar-refractivity contribution is 5.97. The molecule has 0 bridgehead atoms. The van der Waals surface area contributed by atoms with E-state index >= 15 is 0 Å². The highest BCUT2D eigenvalue weighted by atomic mass is 19.4. The summed E-state index contributed by atoms with van der Waals surface area (Å²) in [6, 6.07) is 14.3. The van der Waals surface area contributed by atoms with Gasteiger partial charge in [0.05, 0.1) is 12.1 Å². The molecule has 0 atom stereocenters. The Labute approximate surface area is 133 Å². The van der Waals surface area contributed by atoms with E-state index in [1.54, 1.807) is 0 Å². The van der Waals surface area contributed by atoms with Crippen molar-refractivity contribution >= 4 is 5.78 Å². The number of Topliss-reactive ketones (excluding diaryl/α,β-unsaturated/α-hetero) is 1. The fourth-order valence-corrected chi connectivity index (χ4v) is 2.23. The average molecular weight is 321 g/mol. The first kappa shape index (κ1) is 17.2. The standard InChI is InChI=1S/C18H18F3NO/c1-22(12-11-14-5-3-2-4-6-14)13-17(23)15-7-9-16(10-8-15)18(19,20)21/h2-10H,11-13H2,1H3. The monoisotopic (exact) mass is 321 g/mol. The van der Waals surface area contributed by atoms with E-state index in [2.05, 4.69) is 0 Å². The van der Waals surface area contributed by atoms with Crippen LogP contribution in [0.3, 0.4) is 0 Å². The summed E-state index contributed by atoms with van der Waals surface area (Å²) in [7, 11) is 1.82. The fraction of sp³-hybridized carbons (Fsp3) is 0.278. The molecular weight excluding hydrogens is 303 g/mol. The van der Waals surface area contributed by atoms with Gasteiger partial charge in [-0.15, -0.1) is 0 Å². The first-order valence-electron chi connectivity index (χ1n) is 7.29. The molecule has 0 aliphatic heterocycles. The van der Waals surface area contributed by atoms with E-state index in [0.717, 1.165) is 18.6 Å². The molecule has 122 valence electrons. The van der Waals surface area contributed by atoms with Gasteiger partial charge in [0.1, 0.15) is 0 Å². The quantitative estimate of drug-likeness (QED) is 0.748. The van der Waals surface area contributed by atoms with Crippen LogP contribution in [-0.2, 0) is 12.6 Å². The van der Waals surface area contributed by atoms with Gasteiger partial charge in [0.25, 0.3) is 0 Å². The fourth-order valence-electron chi connectivity index (χ4n) is 2.23. The average Bonchev–Trinajstić information content (AvgIpc) is 2.53. The molecule has 0 radical (unpaired) electrons. The van der Waals surface area contributed by atoms with Gasteiger partial charge in [0.15, 0.2) is 5.78 Å². The lowest BCUT2D eigenvalue weighted by atomic mass is 10.1. The van der Waals surface area contributed by atoms with Gasteiger partial charge in [-0.05, 0) is 31.2 Å². The number of nitrogens with zero attached hydrogens (tertiary/aromatic N) is 1. The summed E-state index contributed by atoms with van der Waals surface area (Å²) in [6.45, 7) is 0.884. The van der Waals surface area contributed by atoms with Gasteiger partial charge in [0, 0.05) is 12.1 Å². The maximum atomic E-state index is 12.5. The van der Waals surface area contributed by atoms with Gasteiger partial charge in [-0.3, -0.25) is 9.69 Å². The maximum Gasteiger partial charge on any atom is 0.416 e. The summed E-state index contributed by atoms with van der Waals surface area (Å²) in [5.41, 5.74) is 0.734. The van der Waals surface area contributed by atoms with E-state index in [1.165, 1.54) is 17.7 Å². The van der Waals surface area contributed by atoms with Crippen molar-refractivity contribution in [2.75, 3.05) is 20.1 Å². The predicted molar refractivity (Wildman–Crippen MR) is 83.4 cm³/mol. The molecule has 0 amide bonds. The number of benzene rings is 2. The van der Waals surface area contributed by atoms with Crippen molar-refractivity contribution in [2.45, 2.75) is 12.6 Å². The molecule has 0 aliphatic rings. The number of likely N-dealkylation sites (N-methyl/N-ethyl adjacent to an activating group) is 1. The molecule has 23 heavy (non-hydrogen) atoms. The van der Waals surface area contributed by atoms with Crippen molar-refractivity contribution in [2.24, 2.45) is 0 Å². The van der Waals surface area contributed by atoms with Gasteiger partial charge < -0.3 is 0 Å². The Bertz CT molecular complexity index is 636. The second-order valence-electron chi connectivity index (χ2n) is 5.47. The lowest BCUT2D eigenvalue weighted by Gasteiger charge is -2.16. The Kier molecular flexibility index (Phi) is 5.55. The Hall–Kier alpha value is -2.14. The zero-order chi connectivity index (χ0) is 16.9. The SMILES string of the molecule is CN(CCc1ccccc1)CC(=O)c1ccc(C(F)(F)F)cc1. The molecular formula is C18H18F3NO. The maximum absolute atomic E-state index is 12.5. The summed E-state index contributed by atoms with van der Waals surface area (Å²) in [5.74, 6) is -0.186. The lowest BCUT2D eigenvalue weighted by molar-refractivity contribution is -0.137. The van der Waals surface area contributed by atoms with Gasteiger partial charge in [-0.2, -0.15) is 13.2 Å². The zero-order valence-corrected chi connectivity index (χ0v) is 12.8. The van der Waals surface area contributed by atoms with Crippen molar-refractivity contribution in [1.82, 2.24) is 4.90 Å². The Morgan fingerprint density at radius 3 is 2.17 bits per heavy atom. The number of alkyl halides is 3. The van der Waals surface area contributed by atoms with Crippen LogP contribution in [-0.4, -0.2) is 30.8 Å². The van der Waals surface area contributed by atoms with E-state index < -0.39 is 11.7 Å². The second-order valence-corrected chi connectivity index (χ2v) is 5.47. The van der Waals surface area contributed by atoms with Crippen LogP contribution in [0.15, 0.2) is 54.6 Å². The number of rotatable bonds is 6. The number of hydrogen-bond acceptors (Lipinski definition) is 2. The van der Waals surface area contributed by atoms with Crippen molar-refractivity contribution in [1.29, 1.82) is 0 Å².